The van der Waals surface area contributed by atoms with Crippen molar-refractivity contribution in [1.29, 1.82) is 0 Å². The molecule has 0 radical (unpaired) electrons. The fraction of sp³-hybridized carbons (Fsp3) is 0.360. The van der Waals surface area contributed by atoms with Crippen LogP contribution in [0.5, 0.6) is 0 Å². The van der Waals surface area contributed by atoms with E-state index in [-0.39, 0.29) is 29.4 Å². The minimum absolute atomic E-state index is 0.0575. The van der Waals surface area contributed by atoms with Crippen LogP contribution in [0.1, 0.15) is 62.6 Å². The van der Waals surface area contributed by atoms with Crippen molar-refractivity contribution < 1.29 is 18.7 Å². The summed E-state index contributed by atoms with van der Waals surface area (Å²) >= 11 is 0. The summed E-state index contributed by atoms with van der Waals surface area (Å²) in [4.78, 5) is 11.5. The highest BCUT2D eigenvalue weighted by molar-refractivity contribution is 5.99. The van der Waals surface area contributed by atoms with Gasteiger partial charge in [0.05, 0.1) is 17.6 Å². The lowest BCUT2D eigenvalue weighted by Crippen LogP contribution is -2.21. The smallest absolute Gasteiger partial charge is 0.306 e. The number of nitrogens with zero attached hydrogens (tertiary/aromatic N) is 2. The third-order valence-corrected chi connectivity index (χ3v) is 6.80. The van der Waals surface area contributed by atoms with Gasteiger partial charge in [0.1, 0.15) is 11.3 Å². The summed E-state index contributed by atoms with van der Waals surface area (Å²) in [5, 5.41) is 17.4. The lowest BCUT2D eigenvalue weighted by atomic mass is 9.77. The van der Waals surface area contributed by atoms with E-state index in [9.17, 15) is 14.3 Å². The molecule has 166 valence electrons. The molecule has 4 aromatic rings. The van der Waals surface area contributed by atoms with Gasteiger partial charge in [0.15, 0.2) is 5.82 Å². The second kappa shape index (κ2) is 7.73. The van der Waals surface area contributed by atoms with Crippen LogP contribution in [0, 0.1) is 17.6 Å². The van der Waals surface area contributed by atoms with Gasteiger partial charge in [-0.3, -0.25) is 9.89 Å². The maximum absolute atomic E-state index is 15.9. The molecule has 0 aliphatic heterocycles. The Bertz CT molecular complexity index is 1310. The van der Waals surface area contributed by atoms with Crippen LogP contribution in [0.3, 0.4) is 0 Å². The zero-order chi connectivity index (χ0) is 22.6. The maximum atomic E-state index is 15.9. The largest absolute Gasteiger partial charge is 0.481 e. The van der Waals surface area contributed by atoms with Crippen molar-refractivity contribution in [3.8, 4) is 5.69 Å². The van der Waals surface area contributed by atoms with Crippen molar-refractivity contribution >= 4 is 27.8 Å². The number of halogens is 2. The highest BCUT2D eigenvalue weighted by Crippen LogP contribution is 2.46. The Hall–Kier alpha value is -3.22. The predicted molar refractivity (Wildman–Crippen MR) is 119 cm³/mol. The van der Waals surface area contributed by atoms with Gasteiger partial charge in [-0.2, -0.15) is 5.10 Å². The molecule has 0 amide bonds. The summed E-state index contributed by atoms with van der Waals surface area (Å²) in [5.74, 6) is -1.63. The van der Waals surface area contributed by atoms with E-state index < -0.39 is 5.97 Å². The summed E-state index contributed by atoms with van der Waals surface area (Å²) in [7, 11) is 0. The molecular weight excluding hydrogens is 412 g/mol. The number of carbonyl (C=O) groups is 1. The van der Waals surface area contributed by atoms with Crippen molar-refractivity contribution in [1.82, 2.24) is 14.8 Å². The number of hydrogen-bond acceptors (Lipinski definition) is 2. The van der Waals surface area contributed by atoms with E-state index in [1.165, 1.54) is 12.1 Å². The van der Waals surface area contributed by atoms with Gasteiger partial charge in [-0.05, 0) is 73.4 Å². The molecule has 2 N–H and O–H groups in total. The van der Waals surface area contributed by atoms with Crippen LogP contribution >= 0.6 is 0 Å². The van der Waals surface area contributed by atoms with Crippen molar-refractivity contribution in [2.45, 2.75) is 51.4 Å². The Morgan fingerprint density at radius 2 is 1.84 bits per heavy atom. The standard InChI is InChI=1S/C25H25F2N3O2/c1-13(2)24-20(14-3-5-15(6-4-14)25(31)32)21-19(11-16-12-28-29-23(16)22(21)27)30(24)18-9-7-17(26)8-10-18/h7-15H,3-6H2,1-2H3,(H,28,29)(H,31,32)/t14-,15-. The van der Waals surface area contributed by atoms with Gasteiger partial charge in [-0.15, -0.1) is 0 Å². The Labute approximate surface area is 184 Å². The number of H-pyrrole nitrogens is 1. The molecule has 2 aromatic carbocycles. The van der Waals surface area contributed by atoms with Gasteiger partial charge in [-0.25, -0.2) is 8.78 Å². The van der Waals surface area contributed by atoms with E-state index in [0.717, 1.165) is 22.5 Å². The molecule has 5 rings (SSSR count). The van der Waals surface area contributed by atoms with Crippen LogP contribution in [-0.4, -0.2) is 25.8 Å². The zero-order valence-corrected chi connectivity index (χ0v) is 18.0. The minimum Gasteiger partial charge on any atom is -0.481 e. The molecule has 2 heterocycles. The van der Waals surface area contributed by atoms with E-state index >= 15 is 4.39 Å². The predicted octanol–water partition coefficient (Wildman–Crippen LogP) is 6.27. The van der Waals surface area contributed by atoms with Crippen molar-refractivity contribution in [3.63, 3.8) is 0 Å². The van der Waals surface area contributed by atoms with Crippen LogP contribution < -0.4 is 0 Å². The third kappa shape index (κ3) is 3.18. The first kappa shape index (κ1) is 20.7. The number of benzene rings is 2. The Kier molecular flexibility index (Phi) is 4.99. The van der Waals surface area contributed by atoms with Crippen LogP contribution in [0.25, 0.3) is 27.5 Å². The monoisotopic (exact) mass is 437 g/mol. The van der Waals surface area contributed by atoms with E-state index in [1.807, 2.05) is 10.6 Å². The van der Waals surface area contributed by atoms with Crippen LogP contribution in [-0.2, 0) is 4.79 Å². The second-order valence-electron chi connectivity index (χ2n) is 9.07. The van der Waals surface area contributed by atoms with Crippen LogP contribution in [0.4, 0.5) is 8.78 Å². The van der Waals surface area contributed by atoms with Gasteiger partial charge in [-0.1, -0.05) is 13.8 Å². The average Bonchev–Trinajstić information content (AvgIpc) is 3.38. The summed E-state index contributed by atoms with van der Waals surface area (Å²) in [6.45, 7) is 4.15. The summed E-state index contributed by atoms with van der Waals surface area (Å²) in [5.41, 5.74) is 3.79. The van der Waals surface area contributed by atoms with Gasteiger partial charge >= 0.3 is 5.97 Å². The molecule has 0 unspecified atom stereocenters. The SMILES string of the molecule is CC(C)c1c([C@H]2CC[C@H](C(=O)O)CC2)c2c(F)c3[nH]ncc3cc2n1-c1ccc(F)cc1. The van der Waals surface area contributed by atoms with Crippen molar-refractivity contribution in [2.75, 3.05) is 0 Å². The first-order chi connectivity index (χ1) is 15.4. The molecule has 0 spiro atoms. The number of aliphatic carboxylic acids is 1. The molecular formula is C25H25F2N3O2. The number of carboxylic acid groups (broad SMARTS) is 1. The molecule has 0 saturated heterocycles. The average molecular weight is 437 g/mol. The fourth-order valence-corrected chi connectivity index (χ4v) is 5.33. The number of hydrogen-bond donors (Lipinski definition) is 2. The summed E-state index contributed by atoms with van der Waals surface area (Å²) in [6, 6.07) is 8.18. The molecule has 1 saturated carbocycles. The number of aromatic amines is 1. The van der Waals surface area contributed by atoms with Gasteiger partial charge in [0.2, 0.25) is 0 Å². The van der Waals surface area contributed by atoms with Crippen LogP contribution in [0.15, 0.2) is 36.5 Å². The minimum atomic E-state index is -0.758. The molecule has 2 aromatic heterocycles. The molecule has 1 aliphatic carbocycles. The normalized spacial score (nSPS) is 19.3. The maximum Gasteiger partial charge on any atom is 0.306 e. The van der Waals surface area contributed by atoms with E-state index in [0.29, 0.717) is 42.0 Å². The number of aromatic nitrogens is 3. The molecule has 1 aliphatic rings. The first-order valence-corrected chi connectivity index (χ1v) is 11.0. The first-order valence-electron chi connectivity index (χ1n) is 11.0. The highest BCUT2D eigenvalue weighted by atomic mass is 19.1. The van der Waals surface area contributed by atoms with E-state index in [4.69, 9.17) is 0 Å². The Balaban J connectivity index is 1.81. The summed E-state index contributed by atoms with van der Waals surface area (Å²) in [6.07, 6.45) is 4.15. The molecule has 32 heavy (non-hydrogen) atoms. The number of carboxylic acids is 1. The molecule has 0 atom stereocenters. The molecule has 1 fully saturated rings. The number of fused-ring (bicyclic) bond motifs is 2. The lowest BCUT2D eigenvalue weighted by molar-refractivity contribution is -0.142. The van der Waals surface area contributed by atoms with E-state index in [1.54, 1.807) is 18.3 Å². The number of rotatable bonds is 4. The zero-order valence-electron chi connectivity index (χ0n) is 18.0. The number of nitrogens with one attached hydrogen (secondary N) is 1. The Morgan fingerprint density at radius 1 is 1.16 bits per heavy atom. The van der Waals surface area contributed by atoms with Gasteiger partial charge < -0.3 is 9.67 Å². The molecule has 7 heteroatoms. The fourth-order valence-electron chi connectivity index (χ4n) is 5.33. The summed E-state index contributed by atoms with van der Waals surface area (Å²) < 4.78 is 31.6. The highest BCUT2D eigenvalue weighted by Gasteiger charge is 2.33. The topological polar surface area (TPSA) is 70.9 Å². The van der Waals surface area contributed by atoms with Crippen molar-refractivity contribution in [3.05, 3.63) is 59.4 Å². The van der Waals surface area contributed by atoms with Crippen LogP contribution in [0.2, 0.25) is 0 Å². The third-order valence-electron chi connectivity index (χ3n) is 6.80. The Morgan fingerprint density at radius 3 is 2.47 bits per heavy atom. The van der Waals surface area contributed by atoms with Gasteiger partial charge in [0.25, 0.3) is 0 Å². The molecule has 5 nitrogen and oxygen atoms in total. The van der Waals surface area contributed by atoms with Crippen molar-refractivity contribution in [2.24, 2.45) is 5.92 Å². The second-order valence-corrected chi connectivity index (χ2v) is 9.07. The quantitative estimate of drug-likeness (QED) is 0.395. The molecule has 0 bridgehead atoms. The van der Waals surface area contributed by atoms with Gasteiger partial charge in [0, 0.05) is 22.2 Å². The lowest BCUT2D eigenvalue weighted by Gasteiger charge is -2.28. The van der Waals surface area contributed by atoms with E-state index in [2.05, 4.69) is 24.0 Å².